The monoisotopic (exact) mass is 362 g/mol. The van der Waals surface area contributed by atoms with Gasteiger partial charge in [-0.05, 0) is 26.3 Å². The first-order valence-electron chi connectivity index (χ1n) is 8.64. The Balaban J connectivity index is 2.54. The van der Waals surface area contributed by atoms with Crippen LogP contribution in [0.1, 0.15) is 44.0 Å². The number of rotatable bonds is 6. The first-order chi connectivity index (χ1) is 12.3. The number of hydrogen-bond acceptors (Lipinski definition) is 5. The highest BCUT2D eigenvalue weighted by molar-refractivity contribution is 6.18. The smallest absolute Gasteiger partial charge is 0.412 e. The van der Waals surface area contributed by atoms with E-state index in [1.54, 1.807) is 13.1 Å². The summed E-state index contributed by atoms with van der Waals surface area (Å²) < 4.78 is 10.5. The number of carboxylic acid groups (broad SMARTS) is 1. The second-order valence-corrected chi connectivity index (χ2v) is 6.34. The molecule has 2 unspecified atom stereocenters. The molecule has 0 aromatic heterocycles. The van der Waals surface area contributed by atoms with Gasteiger partial charge in [-0.1, -0.05) is 13.3 Å². The summed E-state index contributed by atoms with van der Waals surface area (Å²) in [7, 11) is 2.94. The van der Waals surface area contributed by atoms with Crippen LogP contribution in [0.4, 0.5) is 10.5 Å². The number of nitrogens with zero attached hydrogens (tertiary/aromatic N) is 1. The van der Waals surface area contributed by atoms with Gasteiger partial charge in [0, 0.05) is 23.9 Å². The Morgan fingerprint density at radius 2 is 1.96 bits per heavy atom. The first kappa shape index (κ1) is 19.6. The molecule has 2 rings (SSSR count). The summed E-state index contributed by atoms with van der Waals surface area (Å²) in [6.45, 7) is 5.81. The molecule has 1 aromatic rings. The van der Waals surface area contributed by atoms with E-state index in [1.807, 2.05) is 6.92 Å². The van der Waals surface area contributed by atoms with Crippen molar-refractivity contribution < 1.29 is 24.2 Å². The molecule has 142 valence electrons. The molecule has 1 aromatic carbocycles. The highest BCUT2D eigenvalue weighted by Crippen LogP contribution is 2.41. The number of ketones is 1. The molecule has 0 saturated carbocycles. The number of anilines is 1. The number of carbonyl (C=O) groups is 2. The fourth-order valence-corrected chi connectivity index (χ4v) is 3.15. The van der Waals surface area contributed by atoms with Crippen LogP contribution < -0.4 is 19.7 Å². The lowest BCUT2D eigenvalue weighted by Crippen LogP contribution is -2.45. The minimum atomic E-state index is -1.13. The molecule has 0 saturated heterocycles. The molecule has 0 aliphatic carbocycles. The van der Waals surface area contributed by atoms with Crippen molar-refractivity contribution in [3.8, 4) is 11.5 Å². The van der Waals surface area contributed by atoms with E-state index < -0.39 is 12.1 Å². The van der Waals surface area contributed by atoms with Crippen LogP contribution in [0.3, 0.4) is 0 Å². The van der Waals surface area contributed by atoms with Crippen LogP contribution in [-0.4, -0.2) is 43.3 Å². The number of Topliss-reactive ketones (excluding diaryl/α,β-unsaturated/α-hetero) is 1. The predicted molar refractivity (Wildman–Crippen MR) is 99.4 cm³/mol. The van der Waals surface area contributed by atoms with E-state index in [-0.39, 0.29) is 17.4 Å². The van der Waals surface area contributed by atoms with Gasteiger partial charge in [0.2, 0.25) is 0 Å². The van der Waals surface area contributed by atoms with Crippen LogP contribution in [0.15, 0.2) is 23.9 Å². The van der Waals surface area contributed by atoms with Crippen LogP contribution >= 0.6 is 0 Å². The lowest BCUT2D eigenvalue weighted by atomic mass is 9.90. The molecule has 0 fully saturated rings. The standard InChI is InChI=1S/C19H26N2O5/c1-6-7-11(2)20-10-14-12(3)21(19(23)24)15-9-17(26-5)16(25-4)8-13(15)18(14)22/h8-12,20H,6-7H2,1-5H3,(H,23,24). The molecule has 7 heteroatoms. The molecule has 1 heterocycles. The summed E-state index contributed by atoms with van der Waals surface area (Å²) in [4.78, 5) is 26.1. The van der Waals surface area contributed by atoms with Crippen molar-refractivity contribution >= 4 is 17.6 Å². The largest absolute Gasteiger partial charge is 0.493 e. The second-order valence-electron chi connectivity index (χ2n) is 6.34. The molecule has 1 aliphatic heterocycles. The number of nitrogens with one attached hydrogen (secondary N) is 1. The zero-order chi connectivity index (χ0) is 19.4. The Hall–Kier alpha value is -2.70. The highest BCUT2D eigenvalue weighted by atomic mass is 16.5. The van der Waals surface area contributed by atoms with Crippen molar-refractivity contribution in [1.82, 2.24) is 5.32 Å². The molecular weight excluding hydrogens is 336 g/mol. The molecule has 1 aliphatic rings. The Morgan fingerprint density at radius 1 is 1.35 bits per heavy atom. The predicted octanol–water partition coefficient (Wildman–Crippen LogP) is 3.44. The zero-order valence-electron chi connectivity index (χ0n) is 15.8. The Bertz CT molecular complexity index is 729. The normalized spacial score (nSPS) is 19.1. The number of amides is 1. The van der Waals surface area contributed by atoms with E-state index in [1.165, 1.54) is 31.3 Å². The maximum Gasteiger partial charge on any atom is 0.412 e. The number of ether oxygens (including phenoxy) is 2. The maximum absolute atomic E-state index is 13.0. The van der Waals surface area contributed by atoms with Gasteiger partial charge in [0.1, 0.15) is 0 Å². The minimum Gasteiger partial charge on any atom is -0.493 e. The van der Waals surface area contributed by atoms with Gasteiger partial charge in [-0.25, -0.2) is 4.79 Å². The van der Waals surface area contributed by atoms with Crippen molar-refractivity contribution in [2.45, 2.75) is 45.7 Å². The molecule has 7 nitrogen and oxygen atoms in total. The van der Waals surface area contributed by atoms with Crippen molar-refractivity contribution in [2.24, 2.45) is 0 Å². The Kier molecular flexibility index (Phi) is 6.13. The van der Waals surface area contributed by atoms with Crippen molar-refractivity contribution in [3.63, 3.8) is 0 Å². The van der Waals surface area contributed by atoms with E-state index >= 15 is 0 Å². The average Bonchev–Trinajstić information content (AvgIpc) is 2.60. The van der Waals surface area contributed by atoms with E-state index in [2.05, 4.69) is 12.2 Å². The van der Waals surface area contributed by atoms with Crippen LogP contribution in [-0.2, 0) is 0 Å². The van der Waals surface area contributed by atoms with Crippen LogP contribution in [0.5, 0.6) is 11.5 Å². The van der Waals surface area contributed by atoms with E-state index in [0.29, 0.717) is 22.8 Å². The minimum absolute atomic E-state index is 0.192. The lowest BCUT2D eigenvalue weighted by Gasteiger charge is -2.34. The van der Waals surface area contributed by atoms with Crippen molar-refractivity contribution in [1.29, 1.82) is 0 Å². The van der Waals surface area contributed by atoms with E-state index in [0.717, 1.165) is 12.8 Å². The summed E-state index contributed by atoms with van der Waals surface area (Å²) >= 11 is 0. The van der Waals surface area contributed by atoms with Gasteiger partial charge >= 0.3 is 6.09 Å². The quantitative estimate of drug-likeness (QED) is 0.754. The van der Waals surface area contributed by atoms with Gasteiger partial charge in [0.05, 0.1) is 31.5 Å². The molecule has 0 radical (unpaired) electrons. The van der Waals surface area contributed by atoms with Crippen LogP contribution in [0, 0.1) is 0 Å². The number of hydrogen-bond donors (Lipinski definition) is 2. The van der Waals surface area contributed by atoms with E-state index in [9.17, 15) is 14.7 Å². The zero-order valence-corrected chi connectivity index (χ0v) is 15.8. The fourth-order valence-electron chi connectivity index (χ4n) is 3.15. The van der Waals surface area contributed by atoms with Gasteiger partial charge in [0.25, 0.3) is 0 Å². The summed E-state index contributed by atoms with van der Waals surface area (Å²) in [6, 6.07) is 2.63. The highest BCUT2D eigenvalue weighted by Gasteiger charge is 2.38. The maximum atomic E-state index is 13.0. The number of carbonyl (C=O) groups excluding carboxylic acids is 1. The fraction of sp³-hybridized carbons (Fsp3) is 0.474. The first-order valence-corrected chi connectivity index (χ1v) is 8.64. The Labute approximate surface area is 153 Å². The van der Waals surface area contributed by atoms with Crippen molar-refractivity contribution in [2.75, 3.05) is 19.1 Å². The SMILES string of the molecule is CCCC(C)NC=C1C(=O)c2cc(OC)c(OC)cc2N(C(=O)O)C1C. The third kappa shape index (κ3) is 3.61. The summed E-state index contributed by atoms with van der Waals surface area (Å²) in [5.41, 5.74) is 0.973. The molecule has 1 amide bonds. The third-order valence-electron chi connectivity index (χ3n) is 4.56. The van der Waals surface area contributed by atoms with Crippen LogP contribution in [0.25, 0.3) is 0 Å². The molecular formula is C19H26N2O5. The van der Waals surface area contributed by atoms with E-state index in [4.69, 9.17) is 9.47 Å². The van der Waals surface area contributed by atoms with Gasteiger partial charge in [-0.3, -0.25) is 9.69 Å². The Morgan fingerprint density at radius 3 is 2.50 bits per heavy atom. The summed E-state index contributed by atoms with van der Waals surface area (Å²) in [5.74, 6) is 0.535. The molecule has 2 atom stereocenters. The lowest BCUT2D eigenvalue weighted by molar-refractivity contribution is 0.102. The molecule has 0 spiro atoms. The molecule has 0 bridgehead atoms. The van der Waals surface area contributed by atoms with Crippen LogP contribution in [0.2, 0.25) is 0 Å². The third-order valence-corrected chi connectivity index (χ3v) is 4.56. The van der Waals surface area contributed by atoms with Gasteiger partial charge < -0.3 is 19.9 Å². The van der Waals surface area contributed by atoms with Gasteiger partial charge in [-0.15, -0.1) is 0 Å². The van der Waals surface area contributed by atoms with Gasteiger partial charge in [-0.2, -0.15) is 0 Å². The summed E-state index contributed by atoms with van der Waals surface area (Å²) in [6.07, 6.45) is 2.48. The average molecular weight is 362 g/mol. The van der Waals surface area contributed by atoms with Gasteiger partial charge in [0.15, 0.2) is 17.3 Å². The number of methoxy groups -OCH3 is 2. The molecule has 2 N–H and O–H groups in total. The number of fused-ring (bicyclic) bond motifs is 1. The number of benzene rings is 1. The topological polar surface area (TPSA) is 88.1 Å². The van der Waals surface area contributed by atoms with Crippen molar-refractivity contribution in [3.05, 3.63) is 29.5 Å². The second kappa shape index (κ2) is 8.12. The summed E-state index contributed by atoms with van der Waals surface area (Å²) in [5, 5.41) is 12.9. The molecule has 26 heavy (non-hydrogen) atoms.